The first-order valence-corrected chi connectivity index (χ1v) is 10.6. The van der Waals surface area contributed by atoms with E-state index >= 15 is 0 Å². The van der Waals surface area contributed by atoms with Gasteiger partial charge in [-0.3, -0.25) is 4.79 Å². The average molecular weight is 496 g/mol. The van der Waals surface area contributed by atoms with Gasteiger partial charge in [-0.15, -0.1) is 13.2 Å². The maximum atomic E-state index is 12.7. The van der Waals surface area contributed by atoms with Gasteiger partial charge in [0.15, 0.2) is 0 Å². The lowest BCUT2D eigenvalue weighted by Crippen LogP contribution is -2.30. The van der Waals surface area contributed by atoms with E-state index in [2.05, 4.69) is 25.4 Å². The molecule has 0 aliphatic rings. The number of alkyl halides is 3. The lowest BCUT2D eigenvalue weighted by molar-refractivity contribution is -0.274. The van der Waals surface area contributed by atoms with E-state index in [-0.39, 0.29) is 17.9 Å². The van der Waals surface area contributed by atoms with Crippen molar-refractivity contribution in [1.82, 2.24) is 4.72 Å². The minimum atomic E-state index is -4.88. The second-order valence-electron chi connectivity index (χ2n) is 5.76. The van der Waals surface area contributed by atoms with Gasteiger partial charge >= 0.3 is 12.3 Å². The maximum absolute atomic E-state index is 12.7. The van der Waals surface area contributed by atoms with Crippen LogP contribution in [-0.2, 0) is 19.6 Å². The SMILES string of the molecule is CCOC(=O)CC(NS(=O)(=O)c1ccc(OC(F)(F)F)cc1)c1cccc(Br)c1. The van der Waals surface area contributed by atoms with Gasteiger partial charge in [-0.05, 0) is 48.9 Å². The average Bonchev–Trinajstić information content (AvgIpc) is 2.60. The Hall–Kier alpha value is -2.11. The fourth-order valence-electron chi connectivity index (χ4n) is 2.41. The monoisotopic (exact) mass is 495 g/mol. The van der Waals surface area contributed by atoms with Gasteiger partial charge in [0, 0.05) is 4.47 Å². The largest absolute Gasteiger partial charge is 0.573 e. The van der Waals surface area contributed by atoms with Crippen LogP contribution in [0.15, 0.2) is 57.9 Å². The molecule has 29 heavy (non-hydrogen) atoms. The number of hydrogen-bond donors (Lipinski definition) is 1. The molecule has 0 spiro atoms. The van der Waals surface area contributed by atoms with E-state index in [0.29, 0.717) is 10.0 Å². The third kappa shape index (κ3) is 7.33. The quantitative estimate of drug-likeness (QED) is 0.551. The lowest BCUT2D eigenvalue weighted by Gasteiger charge is -2.19. The van der Waals surface area contributed by atoms with Crippen LogP contribution in [-0.4, -0.2) is 27.4 Å². The molecule has 0 aliphatic carbocycles. The topological polar surface area (TPSA) is 81.7 Å². The number of halogens is 4. The Kier molecular flexibility index (Phi) is 7.66. The van der Waals surface area contributed by atoms with E-state index in [0.717, 1.165) is 24.3 Å². The Bertz CT molecular complexity index is 949. The standard InChI is InChI=1S/C18H17BrF3NO5S/c1-2-27-17(24)11-16(12-4-3-5-13(19)10-12)23-29(25,26)15-8-6-14(7-9-15)28-18(20,21)22/h3-10,16,23H,2,11H2,1H3. The fraction of sp³-hybridized carbons (Fsp3) is 0.278. The Morgan fingerprint density at radius 2 is 1.83 bits per heavy atom. The van der Waals surface area contributed by atoms with Gasteiger partial charge in [-0.25, -0.2) is 13.1 Å². The number of hydrogen-bond acceptors (Lipinski definition) is 5. The van der Waals surface area contributed by atoms with E-state index in [4.69, 9.17) is 4.74 Å². The molecule has 2 aromatic carbocycles. The summed E-state index contributed by atoms with van der Waals surface area (Å²) in [5.74, 6) is -1.15. The maximum Gasteiger partial charge on any atom is 0.573 e. The fourth-order valence-corrected chi connectivity index (χ4v) is 4.05. The van der Waals surface area contributed by atoms with Gasteiger partial charge in [-0.1, -0.05) is 28.1 Å². The van der Waals surface area contributed by atoms with E-state index in [1.165, 1.54) is 0 Å². The first-order valence-electron chi connectivity index (χ1n) is 8.29. The van der Waals surface area contributed by atoms with Crippen LogP contribution in [0.3, 0.4) is 0 Å². The Balaban J connectivity index is 2.27. The van der Waals surface area contributed by atoms with Crippen LogP contribution in [0.1, 0.15) is 24.9 Å². The third-order valence-electron chi connectivity index (χ3n) is 3.59. The summed E-state index contributed by atoms with van der Waals surface area (Å²) in [7, 11) is -4.15. The third-order valence-corrected chi connectivity index (χ3v) is 5.57. The number of carbonyl (C=O) groups excluding carboxylic acids is 1. The van der Waals surface area contributed by atoms with Crippen molar-refractivity contribution < 1.29 is 35.9 Å². The van der Waals surface area contributed by atoms with Gasteiger partial charge in [0.2, 0.25) is 10.0 Å². The van der Waals surface area contributed by atoms with E-state index in [9.17, 15) is 26.4 Å². The summed E-state index contributed by atoms with van der Waals surface area (Å²) in [5, 5.41) is 0. The Morgan fingerprint density at radius 1 is 1.17 bits per heavy atom. The summed E-state index contributed by atoms with van der Waals surface area (Å²) >= 11 is 3.28. The minimum Gasteiger partial charge on any atom is -0.466 e. The highest BCUT2D eigenvalue weighted by molar-refractivity contribution is 9.10. The molecule has 0 aromatic heterocycles. The smallest absolute Gasteiger partial charge is 0.466 e. The number of ether oxygens (including phenoxy) is 2. The molecule has 0 saturated heterocycles. The molecule has 2 aromatic rings. The van der Waals surface area contributed by atoms with Crippen molar-refractivity contribution >= 4 is 31.9 Å². The predicted octanol–water partition coefficient (Wildman–Crippen LogP) is 4.32. The predicted molar refractivity (Wildman–Crippen MR) is 102 cm³/mol. The normalized spacial score (nSPS) is 13.0. The van der Waals surface area contributed by atoms with Crippen LogP contribution in [0.25, 0.3) is 0 Å². The molecule has 0 radical (unpaired) electrons. The highest BCUT2D eigenvalue weighted by atomic mass is 79.9. The van der Waals surface area contributed by atoms with Crippen LogP contribution >= 0.6 is 15.9 Å². The van der Waals surface area contributed by atoms with E-state index < -0.39 is 34.1 Å². The molecule has 158 valence electrons. The minimum absolute atomic E-state index is 0.136. The zero-order valence-corrected chi connectivity index (χ0v) is 17.5. The van der Waals surface area contributed by atoms with Gasteiger partial charge in [0.1, 0.15) is 5.75 Å². The van der Waals surface area contributed by atoms with Crippen molar-refractivity contribution in [3.05, 3.63) is 58.6 Å². The molecule has 0 fully saturated rings. The molecule has 0 heterocycles. The van der Waals surface area contributed by atoms with Gasteiger partial charge in [0.25, 0.3) is 0 Å². The molecule has 1 atom stereocenters. The molecule has 0 aliphatic heterocycles. The molecule has 11 heteroatoms. The van der Waals surface area contributed by atoms with Crippen molar-refractivity contribution in [2.75, 3.05) is 6.61 Å². The van der Waals surface area contributed by atoms with E-state index in [1.807, 2.05) is 0 Å². The summed E-state index contributed by atoms with van der Waals surface area (Å²) in [6.45, 7) is 1.76. The van der Waals surface area contributed by atoms with Crippen molar-refractivity contribution in [3.63, 3.8) is 0 Å². The van der Waals surface area contributed by atoms with Crippen LogP contribution in [0, 0.1) is 0 Å². The summed E-state index contributed by atoms with van der Waals surface area (Å²) in [4.78, 5) is 11.6. The van der Waals surface area contributed by atoms with Gasteiger partial charge in [-0.2, -0.15) is 0 Å². The van der Waals surface area contributed by atoms with Crippen molar-refractivity contribution in [2.24, 2.45) is 0 Å². The zero-order chi connectivity index (χ0) is 21.7. The molecule has 1 N–H and O–H groups in total. The first kappa shape index (κ1) is 23.2. The summed E-state index contributed by atoms with van der Waals surface area (Å²) in [5.41, 5.74) is 0.507. The van der Waals surface area contributed by atoms with Crippen molar-refractivity contribution in [3.8, 4) is 5.75 Å². The number of esters is 1. The molecular weight excluding hydrogens is 479 g/mol. The Morgan fingerprint density at radius 3 is 2.38 bits per heavy atom. The second kappa shape index (κ2) is 9.59. The highest BCUT2D eigenvalue weighted by Gasteiger charge is 2.31. The van der Waals surface area contributed by atoms with Gasteiger partial charge < -0.3 is 9.47 Å². The molecule has 6 nitrogen and oxygen atoms in total. The number of carbonyl (C=O) groups is 1. The molecule has 1 unspecified atom stereocenters. The van der Waals surface area contributed by atoms with Gasteiger partial charge in [0.05, 0.1) is 24.0 Å². The van der Waals surface area contributed by atoms with Crippen LogP contribution in [0.5, 0.6) is 5.75 Å². The van der Waals surface area contributed by atoms with Crippen LogP contribution in [0.4, 0.5) is 13.2 Å². The van der Waals surface area contributed by atoms with Crippen LogP contribution in [0.2, 0.25) is 0 Å². The molecule has 0 amide bonds. The van der Waals surface area contributed by atoms with E-state index in [1.54, 1.807) is 31.2 Å². The zero-order valence-electron chi connectivity index (χ0n) is 15.1. The molecule has 2 rings (SSSR count). The van der Waals surface area contributed by atoms with Crippen molar-refractivity contribution in [1.29, 1.82) is 0 Å². The first-order chi connectivity index (χ1) is 13.5. The number of benzene rings is 2. The number of rotatable bonds is 8. The summed E-state index contributed by atoms with van der Waals surface area (Å²) < 4.78 is 73.9. The molecule has 0 saturated carbocycles. The van der Waals surface area contributed by atoms with Crippen LogP contribution < -0.4 is 9.46 Å². The number of nitrogens with one attached hydrogen (secondary N) is 1. The number of sulfonamides is 1. The summed E-state index contributed by atoms with van der Waals surface area (Å²) in [6, 6.07) is 9.49. The highest BCUT2D eigenvalue weighted by Crippen LogP contribution is 2.26. The second-order valence-corrected chi connectivity index (χ2v) is 8.39. The lowest BCUT2D eigenvalue weighted by atomic mass is 10.1. The summed E-state index contributed by atoms with van der Waals surface area (Å²) in [6.07, 6.45) is -5.15. The molecule has 0 bridgehead atoms. The van der Waals surface area contributed by atoms with Crippen molar-refractivity contribution in [2.45, 2.75) is 30.6 Å². The Labute approximate surface area is 174 Å². The molecular formula is C18H17BrF3NO5S.